The molecule has 1 atom stereocenters. The van der Waals surface area contributed by atoms with Gasteiger partial charge in [-0.15, -0.1) is 0 Å². The largest absolute Gasteiger partial charge is 0.460 e. The minimum Gasteiger partial charge on any atom is -0.460 e. The Morgan fingerprint density at radius 3 is 2.53 bits per heavy atom. The molecule has 3 heteroatoms. The van der Waals surface area contributed by atoms with E-state index in [-0.39, 0.29) is 12.6 Å². The van der Waals surface area contributed by atoms with E-state index in [2.05, 4.69) is 20.4 Å². The second-order valence-corrected chi connectivity index (χ2v) is 3.83. The summed E-state index contributed by atoms with van der Waals surface area (Å²) in [5.74, 6) is 0.289. The highest BCUT2D eigenvalue weighted by molar-refractivity contribution is 5.74. The first kappa shape index (κ1) is 14.2. The lowest BCUT2D eigenvalue weighted by atomic mass is 10.1. The minimum absolute atomic E-state index is 0.254. The summed E-state index contributed by atoms with van der Waals surface area (Å²) in [7, 11) is 0. The number of esters is 1. The molecular formula is C12H22O3. The third-order valence-corrected chi connectivity index (χ3v) is 1.98. The first-order chi connectivity index (χ1) is 7.11. The van der Waals surface area contributed by atoms with Crippen molar-refractivity contribution in [2.75, 3.05) is 13.2 Å². The lowest BCUT2D eigenvalue weighted by molar-refractivity contribution is -0.156. The second-order valence-electron chi connectivity index (χ2n) is 3.83. The van der Waals surface area contributed by atoms with Gasteiger partial charge in [0.2, 0.25) is 0 Å². The molecule has 0 amide bonds. The smallest absolute Gasteiger partial charge is 0.335 e. The Morgan fingerprint density at radius 1 is 1.40 bits per heavy atom. The van der Waals surface area contributed by atoms with Gasteiger partial charge in [0.05, 0.1) is 0 Å². The lowest BCUT2D eigenvalue weighted by Gasteiger charge is -2.16. The molecule has 88 valence electrons. The van der Waals surface area contributed by atoms with Crippen LogP contribution in [-0.4, -0.2) is 25.3 Å². The molecular weight excluding hydrogens is 192 g/mol. The second kappa shape index (κ2) is 8.48. The third kappa shape index (κ3) is 7.14. The van der Waals surface area contributed by atoms with Crippen molar-refractivity contribution in [2.45, 2.75) is 39.7 Å². The molecule has 0 rings (SSSR count). The Kier molecular flexibility index (Phi) is 8.01. The van der Waals surface area contributed by atoms with Crippen LogP contribution in [0.15, 0.2) is 12.7 Å². The molecule has 0 aliphatic carbocycles. The summed E-state index contributed by atoms with van der Waals surface area (Å²) in [5.41, 5.74) is 0. The van der Waals surface area contributed by atoms with Crippen molar-refractivity contribution >= 4 is 5.97 Å². The Morgan fingerprint density at radius 2 is 2.07 bits per heavy atom. The van der Waals surface area contributed by atoms with Gasteiger partial charge >= 0.3 is 5.97 Å². The molecule has 0 heterocycles. The zero-order chi connectivity index (χ0) is 11.7. The van der Waals surface area contributed by atoms with Crippen LogP contribution < -0.4 is 0 Å². The van der Waals surface area contributed by atoms with Crippen molar-refractivity contribution < 1.29 is 14.3 Å². The zero-order valence-electron chi connectivity index (χ0n) is 9.99. The van der Waals surface area contributed by atoms with Crippen LogP contribution in [0.5, 0.6) is 0 Å². The van der Waals surface area contributed by atoms with Gasteiger partial charge < -0.3 is 9.47 Å². The van der Waals surface area contributed by atoms with Crippen molar-refractivity contribution in [3.63, 3.8) is 0 Å². The fraction of sp³-hybridized carbons (Fsp3) is 0.750. The topological polar surface area (TPSA) is 35.5 Å². The first-order valence-electron chi connectivity index (χ1n) is 5.50. The van der Waals surface area contributed by atoms with Gasteiger partial charge in [0, 0.05) is 6.61 Å². The van der Waals surface area contributed by atoms with E-state index in [0.717, 1.165) is 12.8 Å². The van der Waals surface area contributed by atoms with Crippen LogP contribution in [-0.2, 0) is 14.3 Å². The zero-order valence-corrected chi connectivity index (χ0v) is 9.99. The summed E-state index contributed by atoms with van der Waals surface area (Å²) in [5, 5.41) is 0. The summed E-state index contributed by atoms with van der Waals surface area (Å²) in [4.78, 5) is 11.5. The predicted octanol–water partition coefficient (Wildman–Crippen LogP) is 2.56. The van der Waals surface area contributed by atoms with Gasteiger partial charge in [0.1, 0.15) is 6.61 Å². The molecule has 3 nitrogen and oxygen atoms in total. The van der Waals surface area contributed by atoms with Gasteiger partial charge in [0.15, 0.2) is 6.10 Å². The molecule has 1 unspecified atom stereocenters. The highest BCUT2D eigenvalue weighted by Gasteiger charge is 2.19. The van der Waals surface area contributed by atoms with Crippen LogP contribution >= 0.6 is 0 Å². The van der Waals surface area contributed by atoms with E-state index in [0.29, 0.717) is 12.5 Å². The van der Waals surface area contributed by atoms with Crippen LogP contribution in [0.2, 0.25) is 0 Å². The van der Waals surface area contributed by atoms with Crippen LogP contribution in [0.4, 0.5) is 0 Å². The molecule has 0 radical (unpaired) electrons. The molecule has 0 aliphatic rings. The third-order valence-electron chi connectivity index (χ3n) is 1.98. The number of hydrogen-bond acceptors (Lipinski definition) is 3. The van der Waals surface area contributed by atoms with E-state index in [4.69, 9.17) is 9.47 Å². The Balaban J connectivity index is 3.99. The maximum atomic E-state index is 11.5. The highest BCUT2D eigenvalue weighted by atomic mass is 16.6. The summed E-state index contributed by atoms with van der Waals surface area (Å²) in [6, 6.07) is 0. The summed E-state index contributed by atoms with van der Waals surface area (Å²) in [6.45, 7) is 10.4. The summed E-state index contributed by atoms with van der Waals surface area (Å²) in [6.07, 6.45) is 2.83. The molecule has 0 aromatic heterocycles. The van der Waals surface area contributed by atoms with Crippen molar-refractivity contribution in [3.05, 3.63) is 12.7 Å². The lowest BCUT2D eigenvalue weighted by Crippen LogP contribution is -2.27. The van der Waals surface area contributed by atoms with Gasteiger partial charge in [0.25, 0.3) is 0 Å². The van der Waals surface area contributed by atoms with Crippen molar-refractivity contribution in [3.8, 4) is 0 Å². The SMILES string of the molecule is C=CCOC(=O)C(CCC(C)C)OCC. The Hall–Kier alpha value is -0.830. The van der Waals surface area contributed by atoms with E-state index in [9.17, 15) is 4.79 Å². The Bertz CT molecular complexity index is 187. The average Bonchev–Trinajstić information content (AvgIpc) is 2.20. The maximum absolute atomic E-state index is 11.5. The normalized spacial score (nSPS) is 12.5. The van der Waals surface area contributed by atoms with Crippen molar-refractivity contribution in [1.82, 2.24) is 0 Å². The molecule has 0 bridgehead atoms. The fourth-order valence-corrected chi connectivity index (χ4v) is 1.19. The van der Waals surface area contributed by atoms with E-state index in [1.807, 2.05) is 6.92 Å². The number of carbonyl (C=O) groups excluding carboxylic acids is 1. The maximum Gasteiger partial charge on any atom is 0.335 e. The first-order valence-corrected chi connectivity index (χ1v) is 5.50. The van der Waals surface area contributed by atoms with E-state index >= 15 is 0 Å². The van der Waals surface area contributed by atoms with Gasteiger partial charge in [-0.05, 0) is 25.7 Å². The molecule has 0 saturated heterocycles. The average molecular weight is 214 g/mol. The van der Waals surface area contributed by atoms with E-state index in [1.54, 1.807) is 6.08 Å². The number of hydrogen-bond donors (Lipinski definition) is 0. The van der Waals surface area contributed by atoms with E-state index in [1.165, 1.54) is 0 Å². The molecule has 0 aromatic rings. The predicted molar refractivity (Wildman–Crippen MR) is 60.6 cm³/mol. The van der Waals surface area contributed by atoms with Crippen molar-refractivity contribution in [2.24, 2.45) is 5.92 Å². The van der Waals surface area contributed by atoms with Gasteiger partial charge in [-0.2, -0.15) is 0 Å². The van der Waals surface area contributed by atoms with Crippen LogP contribution in [0, 0.1) is 5.92 Å². The van der Waals surface area contributed by atoms with Crippen molar-refractivity contribution in [1.29, 1.82) is 0 Å². The molecule has 0 aromatic carbocycles. The number of rotatable bonds is 8. The molecule has 0 fully saturated rings. The summed E-state index contributed by atoms with van der Waals surface area (Å²) < 4.78 is 10.3. The standard InChI is InChI=1S/C12H22O3/c1-5-9-15-12(13)11(14-6-2)8-7-10(3)4/h5,10-11H,1,6-9H2,2-4H3. The molecule has 0 aliphatic heterocycles. The van der Waals surface area contributed by atoms with Gasteiger partial charge in [-0.1, -0.05) is 26.5 Å². The van der Waals surface area contributed by atoms with Crippen LogP contribution in [0.3, 0.4) is 0 Å². The number of carbonyl (C=O) groups is 1. The highest BCUT2D eigenvalue weighted by Crippen LogP contribution is 2.11. The van der Waals surface area contributed by atoms with Gasteiger partial charge in [-0.3, -0.25) is 0 Å². The quantitative estimate of drug-likeness (QED) is 0.460. The minimum atomic E-state index is -0.419. The molecule has 0 N–H and O–H groups in total. The van der Waals surface area contributed by atoms with E-state index < -0.39 is 6.10 Å². The summed E-state index contributed by atoms with van der Waals surface area (Å²) >= 11 is 0. The molecule has 0 spiro atoms. The van der Waals surface area contributed by atoms with Gasteiger partial charge in [-0.25, -0.2) is 4.79 Å². The van der Waals surface area contributed by atoms with Crippen LogP contribution in [0.25, 0.3) is 0 Å². The van der Waals surface area contributed by atoms with Crippen LogP contribution in [0.1, 0.15) is 33.6 Å². The molecule has 15 heavy (non-hydrogen) atoms. The number of ether oxygens (including phenoxy) is 2. The monoisotopic (exact) mass is 214 g/mol. The fourth-order valence-electron chi connectivity index (χ4n) is 1.19. The Labute approximate surface area is 92.5 Å². The molecule has 0 saturated carbocycles.